The minimum Gasteiger partial charge on any atom is -0.457 e. The summed E-state index contributed by atoms with van der Waals surface area (Å²) in [5.41, 5.74) is -0.203. The van der Waals surface area contributed by atoms with E-state index in [-0.39, 0.29) is 17.5 Å². The molecule has 0 bridgehead atoms. The van der Waals surface area contributed by atoms with Gasteiger partial charge in [-0.2, -0.15) is 13.2 Å². The Morgan fingerprint density at radius 1 is 1.06 bits per heavy atom. The van der Waals surface area contributed by atoms with Crippen molar-refractivity contribution >= 4 is 34.4 Å². The quantitative estimate of drug-likeness (QED) is 0.379. The molecule has 7 nitrogen and oxygen atoms in total. The fourth-order valence-electron chi connectivity index (χ4n) is 3.13. The minimum absolute atomic E-state index is 0.150. The van der Waals surface area contributed by atoms with Crippen LogP contribution in [-0.2, 0) is 18.0 Å². The fraction of sp³-hybridized carbons (Fsp3) is 0.136. The van der Waals surface area contributed by atoms with E-state index in [0.29, 0.717) is 40.5 Å². The van der Waals surface area contributed by atoms with E-state index < -0.39 is 17.6 Å². The number of aryl methyl sites for hydroxylation is 1. The number of hydrogen-bond acceptors (Lipinski definition) is 5. The number of benzene rings is 2. The number of carbonyl (C=O) groups excluding carboxylic acids is 1. The predicted molar refractivity (Wildman–Crippen MR) is 114 cm³/mol. The van der Waals surface area contributed by atoms with Crippen molar-refractivity contribution in [3.8, 4) is 11.5 Å². The number of fused-ring (bicyclic) bond motifs is 1. The van der Waals surface area contributed by atoms with E-state index in [1.54, 1.807) is 41.9 Å². The van der Waals surface area contributed by atoms with Crippen molar-refractivity contribution in [1.29, 1.82) is 0 Å². The van der Waals surface area contributed by atoms with Gasteiger partial charge in [-0.05, 0) is 36.4 Å². The minimum atomic E-state index is -4.60. The van der Waals surface area contributed by atoms with Crippen molar-refractivity contribution in [2.45, 2.75) is 13.1 Å². The highest BCUT2D eigenvalue weighted by Gasteiger charge is 2.31. The average Bonchev–Trinajstić information content (AvgIpc) is 3.03. The Hall–Kier alpha value is -4.15. The van der Waals surface area contributed by atoms with Gasteiger partial charge < -0.3 is 19.9 Å². The highest BCUT2D eigenvalue weighted by Crippen LogP contribution is 2.33. The van der Waals surface area contributed by atoms with Gasteiger partial charge in [0.05, 0.1) is 22.3 Å². The Morgan fingerprint density at radius 3 is 2.55 bits per heavy atom. The zero-order valence-corrected chi connectivity index (χ0v) is 17.4. The van der Waals surface area contributed by atoms with Crippen molar-refractivity contribution in [3.05, 3.63) is 66.1 Å². The Morgan fingerprint density at radius 2 is 1.82 bits per heavy atom. The molecule has 170 valence electrons. The summed E-state index contributed by atoms with van der Waals surface area (Å²) in [7, 11) is 1.65. The van der Waals surface area contributed by atoms with Crippen LogP contribution in [0.5, 0.6) is 11.5 Å². The van der Waals surface area contributed by atoms with Crippen LogP contribution in [0.1, 0.15) is 12.5 Å². The molecule has 33 heavy (non-hydrogen) atoms. The zero-order valence-electron chi connectivity index (χ0n) is 17.4. The topological polar surface area (TPSA) is 81.1 Å². The third kappa shape index (κ3) is 4.86. The second-order valence-electron chi connectivity index (χ2n) is 7.12. The molecule has 0 unspecified atom stereocenters. The molecule has 1 amide bonds. The van der Waals surface area contributed by atoms with Gasteiger partial charge >= 0.3 is 6.18 Å². The van der Waals surface area contributed by atoms with Gasteiger partial charge in [-0.3, -0.25) is 4.79 Å². The van der Waals surface area contributed by atoms with Crippen molar-refractivity contribution in [1.82, 2.24) is 14.5 Å². The van der Waals surface area contributed by atoms with Gasteiger partial charge in [0.1, 0.15) is 23.1 Å². The summed E-state index contributed by atoms with van der Waals surface area (Å²) < 4.78 is 60.5. The van der Waals surface area contributed by atoms with Crippen LogP contribution in [0.2, 0.25) is 0 Å². The first-order valence-corrected chi connectivity index (χ1v) is 9.62. The molecule has 11 heteroatoms. The highest BCUT2D eigenvalue weighted by molar-refractivity contribution is 5.87. The zero-order chi connectivity index (χ0) is 23.8. The molecule has 0 saturated heterocycles. The normalized spacial score (nSPS) is 11.5. The molecule has 0 fully saturated rings. The number of nitrogens with zero attached hydrogens (tertiary/aromatic N) is 3. The van der Waals surface area contributed by atoms with E-state index in [4.69, 9.17) is 4.74 Å². The summed E-state index contributed by atoms with van der Waals surface area (Å²) in [5.74, 6) is 0.218. The maximum Gasteiger partial charge on any atom is 0.416 e. The molecular weight excluding hydrogens is 442 g/mol. The summed E-state index contributed by atoms with van der Waals surface area (Å²) >= 11 is 0. The van der Waals surface area contributed by atoms with Crippen LogP contribution in [0.4, 0.5) is 35.0 Å². The van der Waals surface area contributed by atoms with Gasteiger partial charge in [0.15, 0.2) is 0 Å². The lowest BCUT2D eigenvalue weighted by Gasteiger charge is -2.11. The fourth-order valence-corrected chi connectivity index (χ4v) is 3.13. The van der Waals surface area contributed by atoms with E-state index in [0.717, 1.165) is 6.07 Å². The van der Waals surface area contributed by atoms with E-state index in [1.807, 2.05) is 0 Å². The first-order chi connectivity index (χ1) is 15.6. The van der Waals surface area contributed by atoms with Gasteiger partial charge in [-0.25, -0.2) is 14.4 Å². The number of halogens is 4. The summed E-state index contributed by atoms with van der Waals surface area (Å²) in [5, 5.41) is 5.18. The molecule has 4 rings (SSSR count). The number of nitrogens with one attached hydrogen (secondary N) is 2. The van der Waals surface area contributed by atoms with Crippen LogP contribution in [0, 0.1) is 5.82 Å². The van der Waals surface area contributed by atoms with E-state index in [9.17, 15) is 22.4 Å². The molecule has 0 aliphatic carbocycles. The highest BCUT2D eigenvalue weighted by atomic mass is 19.4. The summed E-state index contributed by atoms with van der Waals surface area (Å²) in [4.78, 5) is 19.6. The van der Waals surface area contributed by atoms with Crippen LogP contribution in [0.3, 0.4) is 0 Å². The number of amides is 1. The Kier molecular flexibility index (Phi) is 5.62. The molecule has 0 spiro atoms. The molecule has 0 aliphatic heterocycles. The maximum absolute atomic E-state index is 14.1. The van der Waals surface area contributed by atoms with Crippen LogP contribution in [0.25, 0.3) is 11.0 Å². The van der Waals surface area contributed by atoms with Crippen molar-refractivity contribution in [2.75, 3.05) is 10.6 Å². The van der Waals surface area contributed by atoms with E-state index in [1.165, 1.54) is 13.1 Å². The van der Waals surface area contributed by atoms with Crippen molar-refractivity contribution < 1.29 is 27.1 Å². The number of aromatic nitrogens is 3. The molecule has 0 saturated carbocycles. The molecule has 2 aromatic heterocycles. The largest absolute Gasteiger partial charge is 0.457 e. The Bertz CT molecular complexity index is 1350. The van der Waals surface area contributed by atoms with Crippen LogP contribution in [-0.4, -0.2) is 20.4 Å². The molecule has 2 N–H and O–H groups in total. The second kappa shape index (κ2) is 8.41. The molecule has 0 radical (unpaired) electrons. The molecule has 0 aliphatic rings. The SMILES string of the molecule is CC(=O)Nc1cc(Oc2ccc3c(c2)nc(Nc2cc(C(F)(F)F)ccc2F)n3C)ccn1. The molecular formula is C22H17F4N5O2. The van der Waals surface area contributed by atoms with Crippen LogP contribution < -0.4 is 15.4 Å². The average molecular weight is 459 g/mol. The lowest BCUT2D eigenvalue weighted by Crippen LogP contribution is -2.07. The Labute approximate surface area is 185 Å². The number of hydrogen-bond donors (Lipinski definition) is 2. The molecule has 0 atom stereocenters. The lowest BCUT2D eigenvalue weighted by molar-refractivity contribution is -0.137. The van der Waals surface area contributed by atoms with Gasteiger partial charge in [0.2, 0.25) is 11.9 Å². The van der Waals surface area contributed by atoms with E-state index >= 15 is 0 Å². The standard InChI is InChI=1S/C22H17F4N5O2/c1-12(32)28-20-11-15(7-8-27-20)33-14-4-6-19-18(10-14)30-21(31(19)2)29-17-9-13(22(24,25)26)3-5-16(17)23/h3-11H,1-2H3,(H,29,30)(H,27,28,32). The lowest BCUT2D eigenvalue weighted by atomic mass is 10.2. The van der Waals surface area contributed by atoms with Gasteiger partial charge in [0.25, 0.3) is 0 Å². The van der Waals surface area contributed by atoms with Gasteiger partial charge in [-0.15, -0.1) is 0 Å². The van der Waals surface area contributed by atoms with Crippen LogP contribution in [0.15, 0.2) is 54.7 Å². The monoisotopic (exact) mass is 459 g/mol. The maximum atomic E-state index is 14.1. The third-order valence-corrected chi connectivity index (χ3v) is 4.66. The third-order valence-electron chi connectivity index (χ3n) is 4.66. The van der Waals surface area contributed by atoms with Crippen molar-refractivity contribution in [3.63, 3.8) is 0 Å². The molecule has 2 aromatic carbocycles. The number of ether oxygens (including phenoxy) is 1. The smallest absolute Gasteiger partial charge is 0.416 e. The number of pyridine rings is 1. The first kappa shape index (κ1) is 22.1. The number of alkyl halides is 3. The molecule has 2 heterocycles. The van der Waals surface area contributed by atoms with Crippen LogP contribution >= 0.6 is 0 Å². The predicted octanol–water partition coefficient (Wildman–Crippen LogP) is 5.62. The number of imidazole rings is 1. The van der Waals surface area contributed by atoms with Gasteiger partial charge in [0, 0.05) is 32.3 Å². The Balaban J connectivity index is 1.61. The van der Waals surface area contributed by atoms with E-state index in [2.05, 4.69) is 20.6 Å². The number of carbonyl (C=O) groups is 1. The number of anilines is 3. The summed E-state index contributed by atoms with van der Waals surface area (Å²) in [6.45, 7) is 1.36. The number of rotatable bonds is 5. The van der Waals surface area contributed by atoms with Crippen molar-refractivity contribution in [2.24, 2.45) is 7.05 Å². The summed E-state index contributed by atoms with van der Waals surface area (Å²) in [6, 6.07) is 10.3. The first-order valence-electron chi connectivity index (χ1n) is 9.62. The second-order valence-corrected chi connectivity index (χ2v) is 7.12. The van der Waals surface area contributed by atoms with Gasteiger partial charge in [-0.1, -0.05) is 0 Å². The molecule has 4 aromatic rings. The summed E-state index contributed by atoms with van der Waals surface area (Å²) in [6.07, 6.45) is -3.12.